The Morgan fingerprint density at radius 3 is 2.96 bits per heavy atom. The fraction of sp³-hybridized carbons (Fsp3) is 0.214. The number of aryl methyl sites for hydroxylation is 2. The molecule has 0 aliphatic heterocycles. The van der Waals surface area contributed by atoms with E-state index in [2.05, 4.69) is 25.3 Å². The normalized spacial score (nSPS) is 11.4. The molecule has 116 valence electrons. The van der Waals surface area contributed by atoms with Crippen LogP contribution in [-0.2, 0) is 5.75 Å². The number of hydrogen-bond donors (Lipinski definition) is 0. The summed E-state index contributed by atoms with van der Waals surface area (Å²) in [5, 5.41) is 13.0. The van der Waals surface area contributed by atoms with Crippen molar-refractivity contribution in [2.45, 2.75) is 24.8 Å². The van der Waals surface area contributed by atoms with Crippen LogP contribution >= 0.6 is 11.8 Å². The lowest BCUT2D eigenvalue weighted by molar-refractivity contribution is 0.390. The molecule has 4 heterocycles. The van der Waals surface area contributed by atoms with Gasteiger partial charge in [0.15, 0.2) is 16.6 Å². The number of nitrogens with zero attached hydrogens (tertiary/aromatic N) is 6. The van der Waals surface area contributed by atoms with Gasteiger partial charge < -0.3 is 8.94 Å². The van der Waals surface area contributed by atoms with Crippen LogP contribution < -0.4 is 0 Å². The van der Waals surface area contributed by atoms with Crippen LogP contribution in [0.15, 0.2) is 38.6 Å². The van der Waals surface area contributed by atoms with E-state index in [0.717, 1.165) is 22.3 Å². The number of fused-ring (bicyclic) bond motifs is 1. The molecule has 0 bridgehead atoms. The molecule has 9 heteroatoms. The average molecular weight is 328 g/mol. The summed E-state index contributed by atoms with van der Waals surface area (Å²) < 4.78 is 12.4. The predicted molar refractivity (Wildman–Crippen MR) is 81.8 cm³/mol. The predicted octanol–water partition coefficient (Wildman–Crippen LogP) is 2.68. The van der Waals surface area contributed by atoms with Crippen LogP contribution in [0.5, 0.6) is 0 Å². The van der Waals surface area contributed by atoms with E-state index < -0.39 is 0 Å². The molecule has 0 aromatic carbocycles. The van der Waals surface area contributed by atoms with Gasteiger partial charge in [-0.15, -0.1) is 10.2 Å². The second kappa shape index (κ2) is 5.51. The fourth-order valence-corrected chi connectivity index (χ4v) is 3.07. The van der Waals surface area contributed by atoms with Gasteiger partial charge in [-0.2, -0.15) is 4.98 Å². The van der Waals surface area contributed by atoms with Gasteiger partial charge in [-0.25, -0.2) is 4.98 Å². The molecule has 4 aromatic heterocycles. The minimum absolute atomic E-state index is 0.435. The SMILES string of the molecule is Cc1cc2nnc(SCc3nc(-c4ccco4)no3)n2c(C)n1. The molecule has 0 unspecified atom stereocenters. The zero-order chi connectivity index (χ0) is 15.8. The molecule has 0 spiro atoms. The van der Waals surface area contributed by atoms with Crippen molar-refractivity contribution in [2.24, 2.45) is 0 Å². The summed E-state index contributed by atoms with van der Waals surface area (Å²) in [4.78, 5) is 8.74. The number of furan rings is 1. The first kappa shape index (κ1) is 13.9. The van der Waals surface area contributed by atoms with Crippen LogP contribution in [0.1, 0.15) is 17.4 Å². The first-order chi connectivity index (χ1) is 11.2. The van der Waals surface area contributed by atoms with Crippen molar-refractivity contribution in [3.05, 3.63) is 41.9 Å². The van der Waals surface area contributed by atoms with Gasteiger partial charge in [0.2, 0.25) is 11.7 Å². The Morgan fingerprint density at radius 2 is 2.13 bits per heavy atom. The van der Waals surface area contributed by atoms with Gasteiger partial charge in [-0.05, 0) is 26.0 Å². The van der Waals surface area contributed by atoms with Gasteiger partial charge in [0.1, 0.15) is 5.82 Å². The van der Waals surface area contributed by atoms with Crippen LogP contribution in [-0.4, -0.2) is 29.7 Å². The molecule has 0 radical (unpaired) electrons. The van der Waals surface area contributed by atoms with Crippen LogP contribution in [0, 0.1) is 13.8 Å². The van der Waals surface area contributed by atoms with Crippen molar-refractivity contribution in [3.63, 3.8) is 0 Å². The van der Waals surface area contributed by atoms with Crippen molar-refractivity contribution in [3.8, 4) is 11.6 Å². The second-order valence-electron chi connectivity index (χ2n) is 4.90. The average Bonchev–Trinajstić information content (AvgIpc) is 3.25. The van der Waals surface area contributed by atoms with Gasteiger partial charge in [-0.3, -0.25) is 4.40 Å². The van der Waals surface area contributed by atoms with E-state index >= 15 is 0 Å². The Hall–Kier alpha value is -2.68. The molecule has 0 aliphatic carbocycles. The summed E-state index contributed by atoms with van der Waals surface area (Å²) in [5.74, 6) is 2.84. The lowest BCUT2D eigenvalue weighted by Gasteiger charge is -2.02. The molecule has 0 aliphatic rings. The van der Waals surface area contributed by atoms with Gasteiger partial charge in [0, 0.05) is 11.8 Å². The number of rotatable bonds is 4. The number of hydrogen-bond acceptors (Lipinski definition) is 8. The van der Waals surface area contributed by atoms with Gasteiger partial charge in [0.25, 0.3) is 0 Å². The smallest absolute Gasteiger partial charge is 0.238 e. The lowest BCUT2D eigenvalue weighted by Crippen LogP contribution is -1.98. The maximum Gasteiger partial charge on any atom is 0.238 e. The molecule has 0 saturated carbocycles. The van der Waals surface area contributed by atoms with Crippen molar-refractivity contribution in [1.29, 1.82) is 0 Å². The van der Waals surface area contributed by atoms with Gasteiger partial charge in [-0.1, -0.05) is 16.9 Å². The molecule has 23 heavy (non-hydrogen) atoms. The summed E-state index contributed by atoms with van der Waals surface area (Å²) in [6.45, 7) is 3.86. The third-order valence-electron chi connectivity index (χ3n) is 3.19. The summed E-state index contributed by atoms with van der Waals surface area (Å²) in [5.41, 5.74) is 1.69. The van der Waals surface area contributed by atoms with E-state index in [1.54, 1.807) is 18.4 Å². The molecular weight excluding hydrogens is 316 g/mol. The zero-order valence-electron chi connectivity index (χ0n) is 12.4. The standard InChI is InChI=1S/C14H12N6O2S/c1-8-6-11-17-18-14(20(11)9(2)15-8)23-7-12-16-13(19-22-12)10-4-3-5-21-10/h3-6H,7H2,1-2H3. The molecule has 0 saturated heterocycles. The zero-order valence-corrected chi connectivity index (χ0v) is 13.2. The molecule has 4 rings (SSSR count). The fourth-order valence-electron chi connectivity index (χ4n) is 2.24. The molecule has 8 nitrogen and oxygen atoms in total. The molecule has 0 fully saturated rings. The molecule has 4 aromatic rings. The first-order valence-electron chi connectivity index (χ1n) is 6.89. The van der Waals surface area contributed by atoms with Gasteiger partial charge >= 0.3 is 0 Å². The summed E-state index contributed by atoms with van der Waals surface area (Å²) in [6, 6.07) is 5.46. The van der Waals surface area contributed by atoms with Crippen molar-refractivity contribution in [1.82, 2.24) is 29.7 Å². The number of aromatic nitrogens is 6. The van der Waals surface area contributed by atoms with E-state index in [4.69, 9.17) is 8.94 Å². The highest BCUT2D eigenvalue weighted by molar-refractivity contribution is 7.98. The minimum Gasteiger partial charge on any atom is -0.461 e. The minimum atomic E-state index is 0.435. The van der Waals surface area contributed by atoms with Crippen LogP contribution in [0.25, 0.3) is 17.2 Å². The van der Waals surface area contributed by atoms with Crippen molar-refractivity contribution >= 4 is 17.4 Å². The highest BCUT2D eigenvalue weighted by Gasteiger charge is 2.14. The van der Waals surface area contributed by atoms with E-state index in [9.17, 15) is 0 Å². The highest BCUT2D eigenvalue weighted by atomic mass is 32.2. The first-order valence-corrected chi connectivity index (χ1v) is 7.88. The number of thioether (sulfide) groups is 1. The summed E-state index contributed by atoms with van der Waals surface area (Å²) in [6.07, 6.45) is 1.57. The maximum atomic E-state index is 5.24. The third kappa shape index (κ3) is 2.59. The molecule has 0 atom stereocenters. The van der Waals surface area contributed by atoms with E-state index in [1.165, 1.54) is 11.8 Å². The lowest BCUT2D eigenvalue weighted by atomic mass is 10.4. The summed E-state index contributed by atoms with van der Waals surface area (Å²) >= 11 is 1.46. The highest BCUT2D eigenvalue weighted by Crippen LogP contribution is 2.23. The van der Waals surface area contributed by atoms with Crippen molar-refractivity contribution in [2.75, 3.05) is 0 Å². The topological polar surface area (TPSA) is 95.1 Å². The Bertz CT molecular complexity index is 959. The second-order valence-corrected chi connectivity index (χ2v) is 5.84. The largest absolute Gasteiger partial charge is 0.461 e. The van der Waals surface area contributed by atoms with Crippen LogP contribution in [0.2, 0.25) is 0 Å². The molecule has 0 amide bonds. The molecule has 0 N–H and O–H groups in total. The maximum absolute atomic E-state index is 5.24. The van der Waals surface area contributed by atoms with E-state index in [-0.39, 0.29) is 0 Å². The van der Waals surface area contributed by atoms with E-state index in [0.29, 0.717) is 23.2 Å². The Balaban J connectivity index is 1.56. The van der Waals surface area contributed by atoms with Crippen molar-refractivity contribution < 1.29 is 8.94 Å². The quantitative estimate of drug-likeness (QED) is 0.528. The van der Waals surface area contributed by atoms with Crippen LogP contribution in [0.4, 0.5) is 0 Å². The Kier molecular flexibility index (Phi) is 3.34. The Morgan fingerprint density at radius 1 is 1.22 bits per heavy atom. The van der Waals surface area contributed by atoms with Gasteiger partial charge in [0.05, 0.1) is 12.0 Å². The summed E-state index contributed by atoms with van der Waals surface area (Å²) in [7, 11) is 0. The monoisotopic (exact) mass is 328 g/mol. The third-order valence-corrected chi connectivity index (χ3v) is 4.11. The molecular formula is C14H12N6O2S. The Labute approximate surface area is 134 Å². The van der Waals surface area contributed by atoms with E-state index in [1.807, 2.05) is 24.3 Å². The van der Waals surface area contributed by atoms with Crippen LogP contribution in [0.3, 0.4) is 0 Å².